The Morgan fingerprint density at radius 1 is 1.12 bits per heavy atom. The van der Waals surface area contributed by atoms with Gasteiger partial charge in [0.15, 0.2) is 0 Å². The van der Waals surface area contributed by atoms with E-state index in [2.05, 4.69) is 46.5 Å². The number of hydrogen-bond donors (Lipinski definition) is 2. The van der Waals surface area contributed by atoms with Crippen molar-refractivity contribution < 1.29 is 0 Å². The van der Waals surface area contributed by atoms with E-state index < -0.39 is 0 Å². The number of nitrogens with one attached hydrogen (secondary N) is 2. The minimum absolute atomic E-state index is 0.165. The van der Waals surface area contributed by atoms with Gasteiger partial charge in [-0.1, -0.05) is 30.3 Å². The highest BCUT2D eigenvalue weighted by atomic mass is 15.2. The van der Waals surface area contributed by atoms with Crippen molar-refractivity contribution >= 4 is 0 Å². The molecule has 0 aliphatic carbocycles. The van der Waals surface area contributed by atoms with Crippen LogP contribution in [0.3, 0.4) is 0 Å². The van der Waals surface area contributed by atoms with E-state index >= 15 is 0 Å². The second kappa shape index (κ2) is 4.90. The Labute approximate surface area is 95.1 Å². The number of benzene rings is 1. The predicted octanol–water partition coefficient (Wildman–Crippen LogP) is 2.22. The molecule has 4 nitrogen and oxygen atoms in total. The van der Waals surface area contributed by atoms with E-state index in [4.69, 9.17) is 0 Å². The zero-order valence-electron chi connectivity index (χ0n) is 9.51. The van der Waals surface area contributed by atoms with Crippen molar-refractivity contribution in [1.29, 1.82) is 0 Å². The number of aromatic amines is 1. The molecule has 0 aliphatic rings. The lowest BCUT2D eigenvalue weighted by molar-refractivity contribution is 0.477. The fraction of sp³-hybridized carbons (Fsp3) is 0.333. The first-order chi connectivity index (χ1) is 7.77. The second-order valence-electron chi connectivity index (χ2n) is 3.89. The van der Waals surface area contributed by atoms with Crippen LogP contribution in [0.2, 0.25) is 0 Å². The van der Waals surface area contributed by atoms with Gasteiger partial charge in [-0.15, -0.1) is 0 Å². The molecule has 84 valence electrons. The maximum Gasteiger partial charge on any atom is 0.141 e. The van der Waals surface area contributed by atoms with Crippen molar-refractivity contribution in [2.24, 2.45) is 0 Å². The van der Waals surface area contributed by atoms with Crippen molar-refractivity contribution in [3.05, 3.63) is 48.0 Å². The number of nitrogens with zero attached hydrogens (tertiary/aromatic N) is 2. The van der Waals surface area contributed by atoms with Crippen LogP contribution in [-0.2, 0) is 0 Å². The third-order valence-electron chi connectivity index (χ3n) is 2.64. The standard InChI is InChI=1S/C12H16N4/c1-9(11-6-4-3-5-7-11)15-10(2)12-13-8-14-16-12/h3-10,15H,1-2H3,(H,13,14,16). The molecule has 2 unspecified atom stereocenters. The van der Waals surface area contributed by atoms with E-state index in [1.807, 2.05) is 18.2 Å². The number of hydrogen-bond acceptors (Lipinski definition) is 3. The summed E-state index contributed by atoms with van der Waals surface area (Å²) in [6.07, 6.45) is 1.53. The molecule has 2 atom stereocenters. The molecule has 1 heterocycles. The molecular weight excluding hydrogens is 200 g/mol. The van der Waals surface area contributed by atoms with Crippen LogP contribution in [-0.4, -0.2) is 15.2 Å². The minimum Gasteiger partial charge on any atom is -0.301 e. The van der Waals surface area contributed by atoms with Crippen molar-refractivity contribution in [1.82, 2.24) is 20.5 Å². The summed E-state index contributed by atoms with van der Waals surface area (Å²) < 4.78 is 0. The van der Waals surface area contributed by atoms with Crippen LogP contribution in [0.4, 0.5) is 0 Å². The van der Waals surface area contributed by atoms with Crippen molar-refractivity contribution in [2.45, 2.75) is 25.9 Å². The first kappa shape index (κ1) is 10.8. The molecule has 4 heteroatoms. The lowest BCUT2D eigenvalue weighted by Crippen LogP contribution is -2.23. The Kier molecular flexibility index (Phi) is 3.31. The number of H-pyrrole nitrogens is 1. The highest BCUT2D eigenvalue weighted by Crippen LogP contribution is 2.16. The van der Waals surface area contributed by atoms with Crippen LogP contribution in [0.1, 0.15) is 37.3 Å². The highest BCUT2D eigenvalue weighted by Gasteiger charge is 2.12. The summed E-state index contributed by atoms with van der Waals surface area (Å²) in [7, 11) is 0. The first-order valence-corrected chi connectivity index (χ1v) is 5.43. The fourth-order valence-corrected chi connectivity index (χ4v) is 1.72. The van der Waals surface area contributed by atoms with E-state index in [0.29, 0.717) is 6.04 Å². The molecule has 0 aliphatic heterocycles. The summed E-state index contributed by atoms with van der Waals surface area (Å²) >= 11 is 0. The molecule has 0 saturated carbocycles. The van der Waals surface area contributed by atoms with Crippen molar-refractivity contribution in [3.63, 3.8) is 0 Å². The quantitative estimate of drug-likeness (QED) is 0.824. The monoisotopic (exact) mass is 216 g/mol. The molecule has 0 spiro atoms. The summed E-state index contributed by atoms with van der Waals surface area (Å²) in [4.78, 5) is 4.13. The Morgan fingerprint density at radius 3 is 2.50 bits per heavy atom. The lowest BCUT2D eigenvalue weighted by atomic mass is 10.1. The summed E-state index contributed by atoms with van der Waals surface area (Å²) in [5.74, 6) is 0.864. The van der Waals surface area contributed by atoms with Gasteiger partial charge in [-0.05, 0) is 19.4 Å². The third-order valence-corrected chi connectivity index (χ3v) is 2.64. The molecule has 2 N–H and O–H groups in total. The third kappa shape index (κ3) is 2.46. The zero-order chi connectivity index (χ0) is 11.4. The average Bonchev–Trinajstić information content (AvgIpc) is 2.83. The van der Waals surface area contributed by atoms with Gasteiger partial charge in [-0.25, -0.2) is 4.98 Å². The molecule has 0 saturated heterocycles. The van der Waals surface area contributed by atoms with Gasteiger partial charge in [-0.3, -0.25) is 5.10 Å². The summed E-state index contributed by atoms with van der Waals surface area (Å²) in [6.45, 7) is 4.21. The highest BCUT2D eigenvalue weighted by molar-refractivity contribution is 5.18. The predicted molar refractivity (Wildman–Crippen MR) is 62.8 cm³/mol. The zero-order valence-corrected chi connectivity index (χ0v) is 9.51. The van der Waals surface area contributed by atoms with Crippen molar-refractivity contribution in [3.8, 4) is 0 Å². The summed E-state index contributed by atoms with van der Waals surface area (Å²) in [5.41, 5.74) is 1.27. The maximum atomic E-state index is 4.13. The van der Waals surface area contributed by atoms with Crippen molar-refractivity contribution in [2.75, 3.05) is 0 Å². The molecule has 16 heavy (non-hydrogen) atoms. The molecule has 0 radical (unpaired) electrons. The minimum atomic E-state index is 0.165. The number of aromatic nitrogens is 3. The molecule has 0 amide bonds. The van der Waals surface area contributed by atoms with Gasteiger partial charge in [0, 0.05) is 6.04 Å². The van der Waals surface area contributed by atoms with Gasteiger partial charge in [0.2, 0.25) is 0 Å². The van der Waals surface area contributed by atoms with E-state index in [0.717, 1.165) is 5.82 Å². The molecule has 0 bridgehead atoms. The van der Waals surface area contributed by atoms with Gasteiger partial charge in [0.25, 0.3) is 0 Å². The smallest absolute Gasteiger partial charge is 0.141 e. The fourth-order valence-electron chi connectivity index (χ4n) is 1.72. The van der Waals surface area contributed by atoms with Gasteiger partial charge in [0.1, 0.15) is 12.2 Å². The molecule has 0 fully saturated rings. The Hall–Kier alpha value is -1.68. The van der Waals surface area contributed by atoms with Gasteiger partial charge >= 0.3 is 0 Å². The normalized spacial score (nSPS) is 14.6. The first-order valence-electron chi connectivity index (χ1n) is 5.43. The largest absolute Gasteiger partial charge is 0.301 e. The maximum absolute atomic E-state index is 4.13. The van der Waals surface area contributed by atoms with Crippen LogP contribution in [0.5, 0.6) is 0 Å². The average molecular weight is 216 g/mol. The van der Waals surface area contributed by atoms with Crippen LogP contribution in [0.25, 0.3) is 0 Å². The number of rotatable bonds is 4. The second-order valence-corrected chi connectivity index (χ2v) is 3.89. The van der Waals surface area contributed by atoms with Gasteiger partial charge < -0.3 is 5.32 Å². The van der Waals surface area contributed by atoms with E-state index in [9.17, 15) is 0 Å². The van der Waals surface area contributed by atoms with Gasteiger partial charge in [-0.2, -0.15) is 5.10 Å². The van der Waals surface area contributed by atoms with Gasteiger partial charge in [0.05, 0.1) is 6.04 Å². The van der Waals surface area contributed by atoms with E-state index in [1.54, 1.807) is 0 Å². The Bertz CT molecular complexity index is 410. The van der Waals surface area contributed by atoms with Crippen LogP contribution < -0.4 is 5.32 Å². The molecule has 2 rings (SSSR count). The summed E-state index contributed by atoms with van der Waals surface area (Å²) in [6, 6.07) is 10.8. The van der Waals surface area contributed by atoms with Crippen LogP contribution in [0, 0.1) is 0 Å². The molecule has 2 aromatic rings. The van der Waals surface area contributed by atoms with Crippen LogP contribution in [0.15, 0.2) is 36.7 Å². The van der Waals surface area contributed by atoms with Crippen LogP contribution >= 0.6 is 0 Å². The summed E-state index contributed by atoms with van der Waals surface area (Å²) in [5, 5.41) is 10.2. The Morgan fingerprint density at radius 2 is 1.88 bits per heavy atom. The Balaban J connectivity index is 2.00. The van der Waals surface area contributed by atoms with E-state index in [1.165, 1.54) is 11.9 Å². The van der Waals surface area contributed by atoms with E-state index in [-0.39, 0.29) is 6.04 Å². The lowest BCUT2D eigenvalue weighted by Gasteiger charge is -2.18. The molecular formula is C12H16N4. The topological polar surface area (TPSA) is 53.6 Å². The molecule has 1 aromatic carbocycles. The molecule has 1 aromatic heterocycles. The SMILES string of the molecule is CC(NC(C)c1ncn[nH]1)c1ccccc1.